The molecule has 1 aromatic rings. The van der Waals surface area contributed by atoms with Crippen molar-refractivity contribution in [3.05, 3.63) is 22.2 Å². The number of halogens is 2. The summed E-state index contributed by atoms with van der Waals surface area (Å²) in [5, 5.41) is 4.37. The van der Waals surface area contributed by atoms with Gasteiger partial charge in [0.1, 0.15) is 0 Å². The highest BCUT2D eigenvalue weighted by molar-refractivity contribution is 7.98. The van der Waals surface area contributed by atoms with Gasteiger partial charge in [-0.2, -0.15) is 5.10 Å². The molecule has 0 saturated carbocycles. The monoisotopic (exact) mass is 288 g/mol. The van der Waals surface area contributed by atoms with Crippen molar-refractivity contribution < 1.29 is 9.59 Å². The number of hydrazone groups is 1. The minimum Gasteiger partial charge on any atom is -0.283 e. The van der Waals surface area contributed by atoms with Crippen LogP contribution in [0.4, 0.5) is 5.69 Å². The molecule has 7 heteroatoms. The fraction of sp³-hybridized carbons (Fsp3) is 0.100. The van der Waals surface area contributed by atoms with Gasteiger partial charge in [-0.25, -0.2) is 0 Å². The zero-order valence-electron chi connectivity index (χ0n) is 8.58. The lowest BCUT2D eigenvalue weighted by atomic mass is 10.3. The van der Waals surface area contributed by atoms with Gasteiger partial charge >= 0.3 is 0 Å². The van der Waals surface area contributed by atoms with Gasteiger partial charge < -0.3 is 0 Å². The molecule has 0 bridgehead atoms. The summed E-state index contributed by atoms with van der Waals surface area (Å²) in [6.45, 7) is 0. The van der Waals surface area contributed by atoms with Crippen molar-refractivity contribution in [2.24, 2.45) is 5.10 Å². The Bertz CT molecular complexity index is 444. The number of hydrogen-bond acceptors (Lipinski definition) is 5. The molecule has 0 spiro atoms. The molecule has 2 radical (unpaired) electrons. The van der Waals surface area contributed by atoms with Gasteiger partial charge in [0.15, 0.2) is 5.71 Å². The molecule has 0 aliphatic heterocycles. The summed E-state index contributed by atoms with van der Waals surface area (Å²) < 4.78 is 0. The summed E-state index contributed by atoms with van der Waals surface area (Å²) in [6.07, 6.45) is 4.48. The third-order valence-corrected chi connectivity index (χ3v) is 3.36. The number of carbonyl (C=O) groups excluding carboxylic acids is 2. The fourth-order valence-corrected chi connectivity index (χ4v) is 2.46. The van der Waals surface area contributed by atoms with Crippen LogP contribution >= 0.6 is 35.0 Å². The Morgan fingerprint density at radius 3 is 2.24 bits per heavy atom. The summed E-state index contributed by atoms with van der Waals surface area (Å²) in [7, 11) is 0. The van der Waals surface area contributed by atoms with Gasteiger partial charge in [0.25, 0.3) is 12.6 Å². The van der Waals surface area contributed by atoms with Gasteiger partial charge in [-0.3, -0.25) is 15.0 Å². The number of hydrogen-bond donors (Lipinski definition) is 1. The third kappa shape index (κ3) is 3.73. The minimum atomic E-state index is -0.494. The van der Waals surface area contributed by atoms with Crippen LogP contribution in [0, 0.1) is 0 Å². The highest BCUT2D eigenvalue weighted by Gasteiger charge is 2.07. The van der Waals surface area contributed by atoms with E-state index in [1.54, 1.807) is 12.1 Å². The van der Waals surface area contributed by atoms with Crippen molar-refractivity contribution in [3.63, 3.8) is 0 Å². The summed E-state index contributed by atoms with van der Waals surface area (Å²) in [5.41, 5.74) is 2.43. The third-order valence-electron chi connectivity index (χ3n) is 1.69. The minimum absolute atomic E-state index is 0.453. The second-order valence-electron chi connectivity index (χ2n) is 2.75. The molecule has 0 aliphatic rings. The lowest BCUT2D eigenvalue weighted by molar-refractivity contribution is 0.561. The lowest BCUT2D eigenvalue weighted by Gasteiger charge is -2.07. The lowest BCUT2D eigenvalue weighted by Crippen LogP contribution is -2.04. The van der Waals surface area contributed by atoms with E-state index in [-0.39, 0.29) is 0 Å². The van der Waals surface area contributed by atoms with E-state index in [1.807, 2.05) is 6.26 Å². The Hall–Kier alpha value is -1.04. The molecular weight excluding hydrogens is 283 g/mol. The number of rotatable bonds is 5. The van der Waals surface area contributed by atoms with Gasteiger partial charge in [-0.1, -0.05) is 23.2 Å². The van der Waals surface area contributed by atoms with E-state index in [0.29, 0.717) is 15.7 Å². The van der Waals surface area contributed by atoms with E-state index >= 15 is 0 Å². The largest absolute Gasteiger partial charge is 0.283 e. The summed E-state index contributed by atoms with van der Waals surface area (Å²) in [5.74, 6) is 0. The van der Waals surface area contributed by atoms with Crippen molar-refractivity contribution >= 4 is 58.9 Å². The number of thioether (sulfide) groups is 1. The van der Waals surface area contributed by atoms with Crippen molar-refractivity contribution in [3.8, 4) is 0 Å². The summed E-state index contributed by atoms with van der Waals surface area (Å²) in [6, 6.07) is 3.16. The van der Waals surface area contributed by atoms with Crippen LogP contribution in [0.2, 0.25) is 10.0 Å². The Balaban J connectivity index is 2.98. The fourth-order valence-electron chi connectivity index (χ4n) is 1.01. The molecule has 0 aliphatic carbocycles. The van der Waals surface area contributed by atoms with Crippen molar-refractivity contribution in [1.82, 2.24) is 0 Å². The van der Waals surface area contributed by atoms with Gasteiger partial charge in [-0.05, 0) is 18.4 Å². The maximum Gasteiger partial charge on any atom is 0.259 e. The molecule has 0 saturated heterocycles. The van der Waals surface area contributed by atoms with Crippen LogP contribution in [-0.2, 0) is 9.59 Å². The molecule has 0 atom stereocenters. The highest BCUT2D eigenvalue weighted by Crippen LogP contribution is 2.35. The van der Waals surface area contributed by atoms with Crippen LogP contribution in [0.25, 0.3) is 0 Å². The number of nitrogens with one attached hydrogen (secondary N) is 1. The molecule has 0 aromatic heterocycles. The van der Waals surface area contributed by atoms with Gasteiger partial charge in [0, 0.05) is 4.90 Å². The second kappa shape index (κ2) is 6.64. The molecule has 1 rings (SSSR count). The Labute approximate surface area is 112 Å². The van der Waals surface area contributed by atoms with Crippen LogP contribution in [0.15, 0.2) is 22.1 Å². The van der Waals surface area contributed by atoms with E-state index in [1.165, 1.54) is 24.3 Å². The van der Waals surface area contributed by atoms with Gasteiger partial charge in [-0.15, -0.1) is 11.8 Å². The van der Waals surface area contributed by atoms with Gasteiger partial charge in [0.2, 0.25) is 0 Å². The zero-order chi connectivity index (χ0) is 12.8. The molecule has 1 aromatic carbocycles. The molecule has 0 amide bonds. The zero-order valence-corrected chi connectivity index (χ0v) is 10.9. The van der Waals surface area contributed by atoms with Crippen LogP contribution in [0.1, 0.15) is 0 Å². The van der Waals surface area contributed by atoms with E-state index in [4.69, 9.17) is 23.2 Å². The van der Waals surface area contributed by atoms with E-state index in [2.05, 4.69) is 10.5 Å². The average molecular weight is 289 g/mol. The highest BCUT2D eigenvalue weighted by atomic mass is 35.5. The Morgan fingerprint density at radius 2 is 1.82 bits per heavy atom. The molecule has 0 unspecified atom stereocenters. The topological polar surface area (TPSA) is 58.5 Å². The van der Waals surface area contributed by atoms with Crippen molar-refractivity contribution in [2.75, 3.05) is 11.7 Å². The Kier molecular flexibility index (Phi) is 5.47. The SMILES string of the molecule is CSc1c(Cl)cc(NN=C([C]=O)[C]=O)cc1Cl. The molecule has 0 fully saturated rings. The maximum atomic E-state index is 10.2. The first-order valence-electron chi connectivity index (χ1n) is 4.25. The van der Waals surface area contributed by atoms with Crippen LogP contribution in [0.3, 0.4) is 0 Å². The molecule has 1 N–H and O–H groups in total. The normalized spacial score (nSPS) is 9.59. The molecular formula is C10H6Cl2N2O2S. The van der Waals surface area contributed by atoms with Crippen LogP contribution in [-0.4, -0.2) is 24.5 Å². The number of nitrogens with zero attached hydrogens (tertiary/aromatic N) is 1. The average Bonchev–Trinajstić information content (AvgIpc) is 2.30. The van der Waals surface area contributed by atoms with E-state index < -0.39 is 5.71 Å². The smallest absolute Gasteiger partial charge is 0.259 e. The Morgan fingerprint density at radius 1 is 1.29 bits per heavy atom. The van der Waals surface area contributed by atoms with E-state index in [9.17, 15) is 9.59 Å². The molecule has 0 heterocycles. The first-order valence-corrected chi connectivity index (χ1v) is 6.23. The first-order chi connectivity index (χ1) is 8.12. The molecule has 4 nitrogen and oxygen atoms in total. The summed E-state index contributed by atoms with van der Waals surface area (Å²) >= 11 is 13.4. The predicted molar refractivity (Wildman–Crippen MR) is 70.7 cm³/mol. The van der Waals surface area contributed by atoms with Crippen LogP contribution in [0.5, 0.6) is 0 Å². The number of anilines is 1. The van der Waals surface area contributed by atoms with E-state index in [0.717, 1.165) is 4.90 Å². The number of benzene rings is 1. The molecule has 17 heavy (non-hydrogen) atoms. The van der Waals surface area contributed by atoms with Crippen LogP contribution < -0.4 is 5.43 Å². The summed E-state index contributed by atoms with van der Waals surface area (Å²) in [4.78, 5) is 21.1. The van der Waals surface area contributed by atoms with Crippen molar-refractivity contribution in [2.45, 2.75) is 4.90 Å². The quantitative estimate of drug-likeness (QED) is 0.392. The predicted octanol–water partition coefficient (Wildman–Crippen LogP) is 2.70. The standard InChI is InChI=1S/C10H6Cl2N2O2S/c1-17-10-8(11)2-6(3-9(10)12)13-14-7(4-15)5-16/h2-3,13H,1H3. The first kappa shape index (κ1) is 14.0. The van der Waals surface area contributed by atoms with Crippen molar-refractivity contribution in [1.29, 1.82) is 0 Å². The maximum absolute atomic E-state index is 10.2. The van der Waals surface area contributed by atoms with Gasteiger partial charge in [0.05, 0.1) is 15.7 Å². The molecule has 88 valence electrons. The second-order valence-corrected chi connectivity index (χ2v) is 4.38.